The van der Waals surface area contributed by atoms with E-state index in [1.807, 2.05) is 0 Å². The SMILES string of the molecule is O=C(NC1CCCCC1)c1ccc(-n2cnnc2)nc1. The van der Waals surface area contributed by atoms with E-state index >= 15 is 0 Å². The zero-order chi connectivity index (χ0) is 13.8. The Morgan fingerprint density at radius 3 is 2.55 bits per heavy atom. The quantitative estimate of drug-likeness (QED) is 0.922. The molecule has 1 aliphatic rings. The van der Waals surface area contributed by atoms with E-state index in [1.54, 1.807) is 35.6 Å². The van der Waals surface area contributed by atoms with Crippen LogP contribution in [0, 0.1) is 0 Å². The average Bonchev–Trinajstić information content (AvgIpc) is 3.03. The highest BCUT2D eigenvalue weighted by Crippen LogP contribution is 2.17. The Morgan fingerprint density at radius 1 is 1.15 bits per heavy atom. The van der Waals surface area contributed by atoms with E-state index in [2.05, 4.69) is 20.5 Å². The summed E-state index contributed by atoms with van der Waals surface area (Å²) in [5.74, 6) is 0.656. The van der Waals surface area contributed by atoms with E-state index in [9.17, 15) is 4.79 Å². The summed E-state index contributed by atoms with van der Waals surface area (Å²) in [6.07, 6.45) is 10.6. The topological polar surface area (TPSA) is 72.7 Å². The molecule has 0 atom stereocenters. The van der Waals surface area contributed by atoms with E-state index in [-0.39, 0.29) is 5.91 Å². The molecule has 2 aromatic rings. The second kappa shape index (κ2) is 5.81. The third kappa shape index (κ3) is 2.84. The number of amides is 1. The zero-order valence-electron chi connectivity index (χ0n) is 11.2. The molecular weight excluding hydrogens is 254 g/mol. The molecule has 6 nitrogen and oxygen atoms in total. The molecule has 1 fully saturated rings. The number of nitrogens with one attached hydrogen (secondary N) is 1. The van der Waals surface area contributed by atoms with Gasteiger partial charge in [-0.2, -0.15) is 0 Å². The lowest BCUT2D eigenvalue weighted by atomic mass is 9.95. The molecule has 0 aliphatic heterocycles. The van der Waals surface area contributed by atoms with Crippen molar-refractivity contribution in [3.05, 3.63) is 36.5 Å². The Morgan fingerprint density at radius 2 is 1.90 bits per heavy atom. The molecule has 3 rings (SSSR count). The highest BCUT2D eigenvalue weighted by Gasteiger charge is 2.16. The van der Waals surface area contributed by atoms with Crippen LogP contribution >= 0.6 is 0 Å². The lowest BCUT2D eigenvalue weighted by Crippen LogP contribution is -2.36. The Hall–Kier alpha value is -2.24. The number of aromatic nitrogens is 4. The van der Waals surface area contributed by atoms with Crippen LogP contribution in [0.1, 0.15) is 42.5 Å². The fraction of sp³-hybridized carbons (Fsp3) is 0.429. The Balaban J connectivity index is 1.66. The van der Waals surface area contributed by atoms with Crippen LogP contribution in [-0.4, -0.2) is 31.7 Å². The first-order valence-electron chi connectivity index (χ1n) is 6.95. The summed E-state index contributed by atoms with van der Waals surface area (Å²) in [5.41, 5.74) is 0.590. The lowest BCUT2D eigenvalue weighted by Gasteiger charge is -2.22. The molecule has 0 spiro atoms. The van der Waals surface area contributed by atoms with Crippen molar-refractivity contribution in [1.29, 1.82) is 0 Å². The van der Waals surface area contributed by atoms with Crippen LogP contribution in [-0.2, 0) is 0 Å². The summed E-state index contributed by atoms with van der Waals surface area (Å²) in [7, 11) is 0. The predicted molar refractivity (Wildman–Crippen MR) is 73.5 cm³/mol. The summed E-state index contributed by atoms with van der Waals surface area (Å²) in [6, 6.07) is 3.88. The third-order valence-corrected chi connectivity index (χ3v) is 3.63. The minimum atomic E-state index is -0.0419. The predicted octanol–water partition coefficient (Wildman–Crippen LogP) is 1.72. The van der Waals surface area contributed by atoms with Crippen molar-refractivity contribution in [3.8, 4) is 5.82 Å². The van der Waals surface area contributed by atoms with Gasteiger partial charge in [0, 0.05) is 12.2 Å². The minimum absolute atomic E-state index is 0.0419. The van der Waals surface area contributed by atoms with Crippen molar-refractivity contribution in [3.63, 3.8) is 0 Å². The summed E-state index contributed by atoms with van der Waals surface area (Å²) < 4.78 is 1.70. The van der Waals surface area contributed by atoms with E-state index in [0.29, 0.717) is 17.4 Å². The van der Waals surface area contributed by atoms with Crippen LogP contribution in [0.2, 0.25) is 0 Å². The van der Waals surface area contributed by atoms with Gasteiger partial charge in [0.2, 0.25) is 0 Å². The van der Waals surface area contributed by atoms with Crippen LogP contribution in [0.3, 0.4) is 0 Å². The van der Waals surface area contributed by atoms with Crippen molar-refractivity contribution in [1.82, 2.24) is 25.1 Å². The van der Waals surface area contributed by atoms with Crippen molar-refractivity contribution >= 4 is 5.91 Å². The minimum Gasteiger partial charge on any atom is -0.349 e. The highest BCUT2D eigenvalue weighted by atomic mass is 16.1. The van der Waals surface area contributed by atoms with Gasteiger partial charge < -0.3 is 5.32 Å². The maximum atomic E-state index is 12.1. The van der Waals surface area contributed by atoms with Gasteiger partial charge >= 0.3 is 0 Å². The molecule has 0 bridgehead atoms. The molecule has 20 heavy (non-hydrogen) atoms. The van der Waals surface area contributed by atoms with Crippen LogP contribution in [0.25, 0.3) is 5.82 Å². The number of carbonyl (C=O) groups excluding carboxylic acids is 1. The van der Waals surface area contributed by atoms with Gasteiger partial charge in [-0.05, 0) is 25.0 Å². The Bertz CT molecular complexity index is 558. The number of nitrogens with zero attached hydrogens (tertiary/aromatic N) is 4. The molecule has 2 aromatic heterocycles. The molecule has 0 radical (unpaired) electrons. The largest absolute Gasteiger partial charge is 0.349 e. The monoisotopic (exact) mass is 271 g/mol. The first kappa shape index (κ1) is 12.8. The fourth-order valence-electron chi connectivity index (χ4n) is 2.51. The Kier molecular flexibility index (Phi) is 3.71. The fourth-order valence-corrected chi connectivity index (χ4v) is 2.51. The van der Waals surface area contributed by atoms with Gasteiger partial charge in [0.15, 0.2) is 0 Å². The van der Waals surface area contributed by atoms with Crippen molar-refractivity contribution in [2.45, 2.75) is 38.1 Å². The number of hydrogen-bond donors (Lipinski definition) is 1. The van der Waals surface area contributed by atoms with Crippen molar-refractivity contribution in [2.24, 2.45) is 0 Å². The van der Waals surface area contributed by atoms with Gasteiger partial charge in [-0.15, -0.1) is 10.2 Å². The van der Waals surface area contributed by atoms with Crippen molar-refractivity contribution in [2.75, 3.05) is 0 Å². The van der Waals surface area contributed by atoms with Crippen LogP contribution in [0.4, 0.5) is 0 Å². The van der Waals surface area contributed by atoms with E-state index in [1.165, 1.54) is 19.3 Å². The second-order valence-electron chi connectivity index (χ2n) is 5.08. The molecule has 1 aliphatic carbocycles. The Labute approximate surface area is 117 Å². The number of hydrogen-bond acceptors (Lipinski definition) is 4. The molecule has 6 heteroatoms. The zero-order valence-corrected chi connectivity index (χ0v) is 11.2. The van der Waals surface area contributed by atoms with Crippen LogP contribution in [0.15, 0.2) is 31.0 Å². The van der Waals surface area contributed by atoms with Crippen LogP contribution < -0.4 is 5.32 Å². The molecule has 1 N–H and O–H groups in total. The highest BCUT2D eigenvalue weighted by molar-refractivity contribution is 5.94. The maximum Gasteiger partial charge on any atom is 0.253 e. The van der Waals surface area contributed by atoms with Gasteiger partial charge in [0.25, 0.3) is 5.91 Å². The second-order valence-corrected chi connectivity index (χ2v) is 5.08. The van der Waals surface area contributed by atoms with E-state index in [0.717, 1.165) is 12.8 Å². The van der Waals surface area contributed by atoms with Crippen LogP contribution in [0.5, 0.6) is 0 Å². The lowest BCUT2D eigenvalue weighted by molar-refractivity contribution is 0.0927. The van der Waals surface area contributed by atoms with Gasteiger partial charge in [-0.1, -0.05) is 19.3 Å². The summed E-state index contributed by atoms with van der Waals surface area (Å²) in [5, 5.41) is 10.5. The van der Waals surface area contributed by atoms with Gasteiger partial charge in [-0.3, -0.25) is 9.36 Å². The van der Waals surface area contributed by atoms with Gasteiger partial charge in [-0.25, -0.2) is 4.98 Å². The molecule has 104 valence electrons. The molecule has 2 heterocycles. The normalized spacial score (nSPS) is 16.0. The van der Waals surface area contributed by atoms with Gasteiger partial charge in [0.1, 0.15) is 18.5 Å². The average molecular weight is 271 g/mol. The van der Waals surface area contributed by atoms with E-state index in [4.69, 9.17) is 0 Å². The molecule has 0 aromatic carbocycles. The number of pyridine rings is 1. The molecule has 0 unspecified atom stereocenters. The first-order valence-corrected chi connectivity index (χ1v) is 6.95. The third-order valence-electron chi connectivity index (χ3n) is 3.63. The molecule has 0 saturated heterocycles. The van der Waals surface area contributed by atoms with Gasteiger partial charge in [0.05, 0.1) is 5.56 Å². The standard InChI is InChI=1S/C14H17N5O/c20-14(18-12-4-2-1-3-5-12)11-6-7-13(15-8-11)19-9-16-17-10-19/h6-10,12H,1-5H2,(H,18,20). The maximum absolute atomic E-state index is 12.1. The smallest absolute Gasteiger partial charge is 0.253 e. The molecule has 1 amide bonds. The molecular formula is C14H17N5O. The number of carbonyl (C=O) groups is 1. The summed E-state index contributed by atoms with van der Waals surface area (Å²) in [6.45, 7) is 0. The first-order chi connectivity index (χ1) is 9.83. The summed E-state index contributed by atoms with van der Waals surface area (Å²) in [4.78, 5) is 16.4. The van der Waals surface area contributed by atoms with E-state index < -0.39 is 0 Å². The molecule has 1 saturated carbocycles. The summed E-state index contributed by atoms with van der Waals surface area (Å²) >= 11 is 0. The number of rotatable bonds is 3. The van der Waals surface area contributed by atoms with Crippen molar-refractivity contribution < 1.29 is 4.79 Å².